The maximum atomic E-state index is 12.9. The molecule has 1 aliphatic heterocycles. The van der Waals surface area contributed by atoms with Crippen molar-refractivity contribution in [2.24, 2.45) is 0 Å². The van der Waals surface area contributed by atoms with Crippen molar-refractivity contribution < 1.29 is 27.9 Å². The first kappa shape index (κ1) is 19.0. The van der Waals surface area contributed by atoms with E-state index in [0.717, 1.165) is 23.1 Å². The number of alkyl halides is 3. The number of nitrogens with zero attached hydrogens (tertiary/aromatic N) is 1. The van der Waals surface area contributed by atoms with Gasteiger partial charge < -0.3 is 10.4 Å². The third-order valence-corrected chi connectivity index (χ3v) is 4.52. The number of nitrogens with one attached hydrogen (secondary N) is 1. The van der Waals surface area contributed by atoms with Crippen LogP contribution in [0.5, 0.6) is 5.75 Å². The largest absolute Gasteiger partial charge is 0.508 e. The summed E-state index contributed by atoms with van der Waals surface area (Å²) in [6, 6.07) is 5.84. The molecule has 142 valence electrons. The zero-order valence-corrected chi connectivity index (χ0v) is 14.7. The van der Waals surface area contributed by atoms with Gasteiger partial charge in [-0.2, -0.15) is 13.2 Å². The van der Waals surface area contributed by atoms with Crippen molar-refractivity contribution in [3.8, 4) is 5.75 Å². The highest BCUT2D eigenvalue weighted by atomic mass is 35.5. The minimum Gasteiger partial charge on any atom is -0.508 e. The Kier molecular flexibility index (Phi) is 4.77. The molecule has 1 atom stereocenters. The number of imide groups is 1. The normalized spacial score (nSPS) is 17.5. The van der Waals surface area contributed by atoms with E-state index in [9.17, 15) is 27.9 Å². The highest BCUT2D eigenvalue weighted by Crippen LogP contribution is 2.35. The quantitative estimate of drug-likeness (QED) is 0.763. The Morgan fingerprint density at radius 2 is 1.89 bits per heavy atom. The number of aryl methyl sites for hydroxylation is 1. The number of phenolic OH excluding ortho intramolecular Hbond substituents is 1. The molecule has 1 aliphatic rings. The molecule has 3 rings (SSSR count). The number of anilines is 2. The fraction of sp³-hybridized carbons (Fsp3) is 0.222. The van der Waals surface area contributed by atoms with E-state index in [1.165, 1.54) is 18.2 Å². The third-order valence-electron chi connectivity index (χ3n) is 4.19. The molecule has 1 fully saturated rings. The first-order valence-corrected chi connectivity index (χ1v) is 8.25. The Labute approximate surface area is 157 Å². The summed E-state index contributed by atoms with van der Waals surface area (Å²) in [4.78, 5) is 25.9. The molecular formula is C18H14ClF3N2O3. The summed E-state index contributed by atoms with van der Waals surface area (Å²) in [5.41, 5.74) is -0.184. The van der Waals surface area contributed by atoms with E-state index < -0.39 is 29.6 Å². The lowest BCUT2D eigenvalue weighted by Gasteiger charge is -2.19. The Hall–Kier alpha value is -2.74. The lowest BCUT2D eigenvalue weighted by molar-refractivity contribution is -0.137. The predicted molar refractivity (Wildman–Crippen MR) is 93.8 cm³/mol. The van der Waals surface area contributed by atoms with Crippen LogP contribution in [0.2, 0.25) is 5.02 Å². The van der Waals surface area contributed by atoms with Gasteiger partial charge in [-0.3, -0.25) is 9.59 Å². The summed E-state index contributed by atoms with van der Waals surface area (Å²) < 4.78 is 38.7. The molecule has 0 saturated carbocycles. The van der Waals surface area contributed by atoms with Gasteiger partial charge >= 0.3 is 6.18 Å². The van der Waals surface area contributed by atoms with E-state index in [4.69, 9.17) is 11.6 Å². The highest BCUT2D eigenvalue weighted by Gasteiger charge is 2.40. The molecule has 0 aliphatic carbocycles. The van der Waals surface area contributed by atoms with Gasteiger partial charge in [0.05, 0.1) is 28.4 Å². The third kappa shape index (κ3) is 3.71. The van der Waals surface area contributed by atoms with E-state index >= 15 is 0 Å². The van der Waals surface area contributed by atoms with E-state index in [-0.39, 0.29) is 22.9 Å². The second kappa shape index (κ2) is 6.77. The standard InChI is InChI=1S/C18H14ClF3N2O3/c1-9-6-11(25)3-5-15(9)24-16(26)8-14(17(24)27)23-13-7-10(18(20,21)22)2-4-12(13)19/h2-7,14,23,25H,8H2,1H3. The topological polar surface area (TPSA) is 69.6 Å². The number of benzene rings is 2. The number of halogens is 4. The van der Waals surface area contributed by atoms with E-state index in [2.05, 4.69) is 5.32 Å². The Morgan fingerprint density at radius 3 is 2.52 bits per heavy atom. The van der Waals surface area contributed by atoms with Crippen LogP contribution in [0, 0.1) is 6.92 Å². The number of hydrogen-bond donors (Lipinski definition) is 2. The first-order valence-electron chi connectivity index (χ1n) is 7.87. The van der Waals surface area contributed by atoms with Crippen LogP contribution < -0.4 is 10.2 Å². The van der Waals surface area contributed by atoms with Crippen LogP contribution >= 0.6 is 11.6 Å². The molecule has 1 unspecified atom stereocenters. The fourth-order valence-corrected chi connectivity index (χ4v) is 3.06. The van der Waals surface area contributed by atoms with Crippen molar-refractivity contribution in [1.29, 1.82) is 0 Å². The fourth-order valence-electron chi connectivity index (χ4n) is 2.89. The molecule has 2 amide bonds. The zero-order chi connectivity index (χ0) is 19.9. The van der Waals surface area contributed by atoms with Crippen molar-refractivity contribution in [2.45, 2.75) is 25.6 Å². The molecular weight excluding hydrogens is 385 g/mol. The van der Waals surface area contributed by atoms with Gasteiger partial charge in [-0.05, 0) is 48.9 Å². The molecule has 1 heterocycles. The average molecular weight is 399 g/mol. The van der Waals surface area contributed by atoms with Gasteiger partial charge in [0.25, 0.3) is 5.91 Å². The molecule has 0 spiro atoms. The lowest BCUT2D eigenvalue weighted by atomic mass is 10.1. The average Bonchev–Trinajstić information content (AvgIpc) is 2.83. The molecule has 2 aromatic carbocycles. The number of aromatic hydroxyl groups is 1. The van der Waals surface area contributed by atoms with Gasteiger partial charge in [0.1, 0.15) is 11.8 Å². The van der Waals surface area contributed by atoms with Gasteiger partial charge in [-0.1, -0.05) is 11.6 Å². The minimum absolute atomic E-state index is 0.00233. The van der Waals surface area contributed by atoms with E-state index in [1.54, 1.807) is 6.92 Å². The highest BCUT2D eigenvalue weighted by molar-refractivity contribution is 6.33. The minimum atomic E-state index is -4.56. The van der Waals surface area contributed by atoms with Crippen LogP contribution in [-0.4, -0.2) is 23.0 Å². The maximum Gasteiger partial charge on any atom is 0.416 e. The van der Waals surface area contributed by atoms with Crippen molar-refractivity contribution >= 4 is 34.8 Å². The lowest BCUT2D eigenvalue weighted by Crippen LogP contribution is -2.35. The first-order chi connectivity index (χ1) is 12.6. The monoisotopic (exact) mass is 398 g/mol. The summed E-state index contributed by atoms with van der Waals surface area (Å²) >= 11 is 5.94. The van der Waals surface area contributed by atoms with Crippen LogP contribution in [0.15, 0.2) is 36.4 Å². The second-order valence-electron chi connectivity index (χ2n) is 6.13. The van der Waals surface area contributed by atoms with E-state index in [1.807, 2.05) is 0 Å². The van der Waals surface area contributed by atoms with Gasteiger partial charge in [-0.15, -0.1) is 0 Å². The second-order valence-corrected chi connectivity index (χ2v) is 6.54. The smallest absolute Gasteiger partial charge is 0.416 e. The Balaban J connectivity index is 1.88. The summed E-state index contributed by atoms with van der Waals surface area (Å²) in [7, 11) is 0. The summed E-state index contributed by atoms with van der Waals surface area (Å²) in [5.74, 6) is -1.13. The van der Waals surface area contributed by atoms with Crippen molar-refractivity contribution in [3.63, 3.8) is 0 Å². The molecule has 5 nitrogen and oxygen atoms in total. The van der Waals surface area contributed by atoms with Crippen LogP contribution in [0.4, 0.5) is 24.5 Å². The van der Waals surface area contributed by atoms with E-state index in [0.29, 0.717) is 11.3 Å². The van der Waals surface area contributed by atoms with Gasteiger partial charge in [0, 0.05) is 0 Å². The SMILES string of the molecule is Cc1cc(O)ccc1N1C(=O)CC(Nc2cc(C(F)(F)F)ccc2Cl)C1=O. The van der Waals surface area contributed by atoms with Crippen molar-refractivity contribution in [1.82, 2.24) is 0 Å². The Morgan fingerprint density at radius 1 is 1.19 bits per heavy atom. The molecule has 2 N–H and O–H groups in total. The van der Waals surface area contributed by atoms with Gasteiger partial charge in [-0.25, -0.2) is 4.90 Å². The van der Waals surface area contributed by atoms with Crippen LogP contribution in [0.1, 0.15) is 17.5 Å². The summed E-state index contributed by atoms with van der Waals surface area (Å²) in [5, 5.41) is 12.1. The van der Waals surface area contributed by atoms with Gasteiger partial charge in [0.2, 0.25) is 5.91 Å². The molecule has 9 heteroatoms. The van der Waals surface area contributed by atoms with Crippen LogP contribution in [0.25, 0.3) is 0 Å². The Bertz CT molecular complexity index is 931. The number of rotatable bonds is 3. The number of hydrogen-bond acceptors (Lipinski definition) is 4. The molecule has 2 aromatic rings. The number of amides is 2. The van der Waals surface area contributed by atoms with Crippen LogP contribution in [0.3, 0.4) is 0 Å². The van der Waals surface area contributed by atoms with Gasteiger partial charge in [0.15, 0.2) is 0 Å². The number of carbonyl (C=O) groups excluding carboxylic acids is 2. The molecule has 0 radical (unpaired) electrons. The maximum absolute atomic E-state index is 12.9. The molecule has 1 saturated heterocycles. The number of carbonyl (C=O) groups is 2. The summed E-state index contributed by atoms with van der Waals surface area (Å²) in [6.45, 7) is 1.63. The van der Waals surface area contributed by atoms with Crippen molar-refractivity contribution in [3.05, 3.63) is 52.5 Å². The predicted octanol–water partition coefficient (Wildman–Crippen LogP) is 4.12. The van der Waals surface area contributed by atoms with Crippen LogP contribution in [-0.2, 0) is 15.8 Å². The molecule has 0 aromatic heterocycles. The molecule has 0 bridgehead atoms. The molecule has 27 heavy (non-hydrogen) atoms. The number of phenols is 1. The van der Waals surface area contributed by atoms with Crippen molar-refractivity contribution in [2.75, 3.05) is 10.2 Å². The zero-order valence-electron chi connectivity index (χ0n) is 14.0. The summed E-state index contributed by atoms with van der Waals surface area (Å²) in [6.07, 6.45) is -4.79.